The van der Waals surface area contributed by atoms with Crippen LogP contribution in [0, 0.1) is 11.8 Å². The predicted molar refractivity (Wildman–Crippen MR) is 259 cm³/mol. The summed E-state index contributed by atoms with van der Waals surface area (Å²) in [6.45, 7) is 8.11. The zero-order chi connectivity index (χ0) is 43.5. The molecule has 6 rings (SSSR count). The van der Waals surface area contributed by atoms with Crippen molar-refractivity contribution in [3.8, 4) is 22.3 Å². The van der Waals surface area contributed by atoms with Crippen molar-refractivity contribution in [2.75, 3.05) is 0 Å². The van der Waals surface area contributed by atoms with Crippen LogP contribution in [0.4, 0.5) is 0 Å². The lowest BCUT2D eigenvalue weighted by atomic mass is 9.77. The highest BCUT2D eigenvalue weighted by molar-refractivity contribution is 5.91. The molecule has 0 radical (unpaired) electrons. The molecule has 4 aromatic carbocycles. The third-order valence-corrected chi connectivity index (χ3v) is 14.5. The van der Waals surface area contributed by atoms with E-state index < -0.39 is 24.1 Å². The van der Waals surface area contributed by atoms with Gasteiger partial charge in [0.1, 0.15) is 12.2 Å². The van der Waals surface area contributed by atoms with Crippen molar-refractivity contribution in [3.05, 3.63) is 119 Å². The minimum absolute atomic E-state index is 0.430. The lowest BCUT2D eigenvalue weighted by Crippen LogP contribution is -2.30. The summed E-state index contributed by atoms with van der Waals surface area (Å²) in [6, 6.07) is 33.3. The maximum Gasteiger partial charge on any atom is 0.338 e. The minimum Gasteiger partial charge on any atom is -0.455 e. The average molecular weight is 839 g/mol. The zero-order valence-corrected chi connectivity index (χ0v) is 38.9. The first-order valence-electron chi connectivity index (χ1n) is 25.1. The highest BCUT2D eigenvalue weighted by Gasteiger charge is 2.25. The van der Waals surface area contributed by atoms with Gasteiger partial charge in [-0.3, -0.25) is 0 Å². The summed E-state index contributed by atoms with van der Waals surface area (Å²) < 4.78 is 11.5. The number of hydrogen-bond acceptors (Lipinski definition) is 4. The molecule has 334 valence electrons. The van der Waals surface area contributed by atoms with Gasteiger partial charge in [-0.25, -0.2) is 9.59 Å². The van der Waals surface area contributed by atoms with Crippen LogP contribution in [0.2, 0.25) is 0 Å². The second kappa shape index (κ2) is 25.2. The minimum atomic E-state index is -0.613. The van der Waals surface area contributed by atoms with Crippen molar-refractivity contribution >= 4 is 11.9 Å². The number of benzene rings is 4. The third-order valence-electron chi connectivity index (χ3n) is 14.5. The van der Waals surface area contributed by atoms with Crippen LogP contribution in [0.15, 0.2) is 97.1 Å². The lowest BCUT2D eigenvalue weighted by Gasteiger charge is -2.29. The van der Waals surface area contributed by atoms with Crippen molar-refractivity contribution in [1.29, 1.82) is 0 Å². The van der Waals surface area contributed by atoms with Gasteiger partial charge >= 0.3 is 11.9 Å². The summed E-state index contributed by atoms with van der Waals surface area (Å²) in [6.07, 6.45) is 28.9. The van der Waals surface area contributed by atoms with Crippen molar-refractivity contribution in [2.24, 2.45) is 11.8 Å². The highest BCUT2D eigenvalue weighted by atomic mass is 16.6. The van der Waals surface area contributed by atoms with Gasteiger partial charge in [-0.1, -0.05) is 177 Å². The topological polar surface area (TPSA) is 52.6 Å². The van der Waals surface area contributed by atoms with E-state index in [9.17, 15) is 9.59 Å². The Morgan fingerprint density at radius 3 is 1.03 bits per heavy atom. The Bertz CT molecular complexity index is 1740. The molecule has 0 heterocycles. The second-order valence-corrected chi connectivity index (χ2v) is 19.2. The van der Waals surface area contributed by atoms with Gasteiger partial charge in [-0.15, -0.1) is 0 Å². The molecule has 2 fully saturated rings. The van der Waals surface area contributed by atoms with E-state index in [1.807, 2.05) is 48.5 Å². The fourth-order valence-corrected chi connectivity index (χ4v) is 10.2. The predicted octanol–water partition coefficient (Wildman–Crippen LogP) is 16.9. The number of ether oxygens (including phenoxy) is 2. The molecule has 4 nitrogen and oxygen atoms in total. The first kappa shape index (κ1) is 47.3. The molecule has 0 bridgehead atoms. The summed E-state index contributed by atoms with van der Waals surface area (Å²) in [7, 11) is 0. The molecule has 2 aliphatic rings. The monoisotopic (exact) mass is 839 g/mol. The molecule has 0 N–H and O–H groups in total. The maximum atomic E-state index is 13.1. The van der Waals surface area contributed by atoms with Crippen LogP contribution >= 0.6 is 0 Å². The largest absolute Gasteiger partial charge is 0.455 e. The van der Waals surface area contributed by atoms with E-state index in [1.165, 1.54) is 152 Å². The SMILES string of the molecule is CCCCCCCCC1CCC(c2ccc(-c3ccc(C(=O)OC(C)C(C)OC(=O)c4ccc(-c5ccc(C6CCC(CCCCCCCC)CC6)cc5)cc4)cc3)cc2)CC1. The number of rotatable bonds is 23. The van der Waals surface area contributed by atoms with Crippen molar-refractivity contribution in [1.82, 2.24) is 0 Å². The van der Waals surface area contributed by atoms with Crippen molar-refractivity contribution < 1.29 is 19.1 Å². The fourth-order valence-electron chi connectivity index (χ4n) is 10.2. The molecule has 2 aliphatic carbocycles. The van der Waals surface area contributed by atoms with Crippen LogP contribution in [-0.2, 0) is 9.47 Å². The molecule has 0 aliphatic heterocycles. The molecule has 2 saturated carbocycles. The zero-order valence-electron chi connectivity index (χ0n) is 38.9. The molecule has 2 atom stereocenters. The van der Waals surface area contributed by atoms with Gasteiger partial charge in [0.2, 0.25) is 0 Å². The van der Waals surface area contributed by atoms with E-state index in [-0.39, 0.29) is 0 Å². The molecule has 2 unspecified atom stereocenters. The van der Waals surface area contributed by atoms with Gasteiger partial charge < -0.3 is 9.47 Å². The molecule has 4 aromatic rings. The van der Waals surface area contributed by atoms with E-state index in [0.717, 1.165) is 34.1 Å². The van der Waals surface area contributed by atoms with Crippen LogP contribution in [0.3, 0.4) is 0 Å². The first-order valence-corrected chi connectivity index (χ1v) is 25.1. The summed E-state index contributed by atoms with van der Waals surface area (Å²) >= 11 is 0. The Balaban J connectivity index is 0.895. The van der Waals surface area contributed by atoms with Crippen LogP contribution in [-0.4, -0.2) is 24.1 Å². The van der Waals surface area contributed by atoms with E-state index in [1.54, 1.807) is 13.8 Å². The van der Waals surface area contributed by atoms with Crippen LogP contribution in [0.25, 0.3) is 22.3 Å². The van der Waals surface area contributed by atoms with E-state index in [4.69, 9.17) is 9.47 Å². The number of carbonyl (C=O) groups is 2. The quantitative estimate of drug-likeness (QED) is 0.0551. The van der Waals surface area contributed by atoms with Gasteiger partial charge in [0.15, 0.2) is 0 Å². The second-order valence-electron chi connectivity index (χ2n) is 19.2. The molecular formula is C58H78O4. The molecule has 4 heteroatoms. The highest BCUT2D eigenvalue weighted by Crippen LogP contribution is 2.40. The van der Waals surface area contributed by atoms with E-state index in [2.05, 4.69) is 62.4 Å². The van der Waals surface area contributed by atoms with Crippen molar-refractivity contribution in [3.63, 3.8) is 0 Å². The summed E-state index contributed by atoms with van der Waals surface area (Å²) in [5, 5.41) is 0. The molecular weight excluding hydrogens is 761 g/mol. The van der Waals surface area contributed by atoms with Gasteiger partial charge in [-0.05, 0) is 147 Å². The standard InChI is InChI=1S/C58H78O4/c1-5-7-9-11-13-15-17-45-19-23-47(24-20-45)49-27-31-51(32-28-49)53-35-39-55(40-36-53)57(59)61-43(3)44(4)62-58(60)56-41-37-54(38-42-56)52-33-29-50(30-34-52)48-25-21-46(22-26-48)18-16-14-12-10-8-6-2/h27-48H,5-26H2,1-4H3. The maximum absolute atomic E-state index is 13.1. The van der Waals surface area contributed by atoms with Crippen LogP contribution in [0.1, 0.15) is 213 Å². The number of hydrogen-bond donors (Lipinski definition) is 0. The molecule has 62 heavy (non-hydrogen) atoms. The fraction of sp³-hybridized carbons (Fsp3) is 0.552. The first-order chi connectivity index (χ1) is 30.3. The third kappa shape index (κ3) is 14.4. The van der Waals surface area contributed by atoms with Gasteiger partial charge in [0.25, 0.3) is 0 Å². The lowest BCUT2D eigenvalue weighted by molar-refractivity contribution is -0.0239. The summed E-state index contributed by atoms with van der Waals surface area (Å²) in [5.74, 6) is 2.30. The van der Waals surface area contributed by atoms with Gasteiger partial charge in [-0.2, -0.15) is 0 Å². The Kier molecular flexibility index (Phi) is 19.2. The number of carbonyl (C=O) groups excluding carboxylic acids is 2. The summed E-state index contributed by atoms with van der Waals surface area (Å²) in [4.78, 5) is 26.2. The van der Waals surface area contributed by atoms with Crippen LogP contribution < -0.4 is 0 Å². The smallest absolute Gasteiger partial charge is 0.338 e. The number of unbranched alkanes of at least 4 members (excludes halogenated alkanes) is 10. The Hall–Kier alpha value is -4.18. The Morgan fingerprint density at radius 2 is 0.710 bits per heavy atom. The van der Waals surface area contributed by atoms with E-state index in [0.29, 0.717) is 23.0 Å². The Morgan fingerprint density at radius 1 is 0.419 bits per heavy atom. The number of esters is 2. The average Bonchev–Trinajstić information content (AvgIpc) is 3.32. The molecule has 0 amide bonds. The van der Waals surface area contributed by atoms with E-state index >= 15 is 0 Å². The normalized spacial score (nSPS) is 20.0. The summed E-state index contributed by atoms with van der Waals surface area (Å²) in [5.41, 5.74) is 8.29. The van der Waals surface area contributed by atoms with Gasteiger partial charge in [0, 0.05) is 0 Å². The molecule has 0 aromatic heterocycles. The molecule has 0 spiro atoms. The van der Waals surface area contributed by atoms with Crippen LogP contribution in [0.5, 0.6) is 0 Å². The van der Waals surface area contributed by atoms with Crippen molar-refractivity contribution in [2.45, 2.75) is 193 Å². The Labute approximate surface area is 376 Å². The molecule has 0 saturated heterocycles. The van der Waals surface area contributed by atoms with Gasteiger partial charge in [0.05, 0.1) is 11.1 Å².